The van der Waals surface area contributed by atoms with Crippen LogP contribution in [0.25, 0.3) is 0 Å². The number of rotatable bonds is 3. The second-order valence-corrected chi connectivity index (χ2v) is 6.68. The van der Waals surface area contributed by atoms with Crippen LogP contribution in [0.3, 0.4) is 0 Å². The zero-order valence-electron chi connectivity index (χ0n) is 13.8. The number of pyridine rings is 1. The van der Waals surface area contributed by atoms with Crippen LogP contribution in [0.1, 0.15) is 32.8 Å². The molecule has 0 aliphatic carbocycles. The van der Waals surface area contributed by atoms with Crippen LogP contribution in [0.2, 0.25) is 0 Å². The minimum Gasteiger partial charge on any atom is -0.486 e. The molecule has 0 spiro atoms. The fraction of sp³-hybridized carbons (Fsp3) is 0.625. The molecule has 7 heteroatoms. The van der Waals surface area contributed by atoms with Gasteiger partial charge in [-0.3, -0.25) is 4.90 Å². The molecule has 0 bridgehead atoms. The molecule has 23 heavy (non-hydrogen) atoms. The lowest BCUT2D eigenvalue weighted by atomic mass is 10.2. The molecule has 0 saturated carbocycles. The van der Waals surface area contributed by atoms with Crippen LogP contribution in [-0.4, -0.2) is 46.9 Å². The van der Waals surface area contributed by atoms with Crippen LogP contribution in [0.4, 0.5) is 13.6 Å². The Labute approximate surface area is 134 Å². The van der Waals surface area contributed by atoms with E-state index in [1.807, 2.05) is 0 Å². The number of alkyl halides is 1. The largest absolute Gasteiger partial charge is 0.486 e. The number of carbonyl (C=O) groups excluding carboxylic acids is 1. The molecule has 5 nitrogen and oxygen atoms in total. The van der Waals surface area contributed by atoms with Gasteiger partial charge in [0, 0.05) is 12.6 Å². The first-order valence-corrected chi connectivity index (χ1v) is 7.55. The molecule has 0 aromatic carbocycles. The maximum absolute atomic E-state index is 13.7. The maximum Gasteiger partial charge on any atom is 0.410 e. The third-order valence-electron chi connectivity index (χ3n) is 3.47. The molecule has 1 aliphatic heterocycles. The van der Waals surface area contributed by atoms with Gasteiger partial charge in [0.15, 0.2) is 5.75 Å². The number of hydrogen-bond acceptors (Lipinski definition) is 4. The predicted octanol–water partition coefficient (Wildman–Crippen LogP) is 3.26. The second kappa shape index (κ2) is 6.68. The number of hydrogen-bond donors (Lipinski definition) is 0. The van der Waals surface area contributed by atoms with Crippen LogP contribution in [0.5, 0.6) is 5.75 Å². The van der Waals surface area contributed by atoms with Gasteiger partial charge in [-0.1, -0.05) is 0 Å². The van der Waals surface area contributed by atoms with Crippen LogP contribution in [0.15, 0.2) is 12.3 Å². The molecule has 1 aromatic heterocycles. The van der Waals surface area contributed by atoms with Gasteiger partial charge in [-0.2, -0.15) is 4.39 Å². The molecular formula is C16H22F2N2O3. The van der Waals surface area contributed by atoms with Gasteiger partial charge in [0.25, 0.3) is 5.95 Å². The Bertz CT molecular complexity index is 555. The Morgan fingerprint density at radius 3 is 2.78 bits per heavy atom. The van der Waals surface area contributed by atoms with Gasteiger partial charge in [0.2, 0.25) is 0 Å². The molecule has 2 rings (SSSR count). The number of nitrogens with zero attached hydrogens (tertiary/aromatic N) is 2. The Balaban J connectivity index is 2.04. The Morgan fingerprint density at radius 1 is 1.48 bits per heavy atom. The van der Waals surface area contributed by atoms with Crippen LogP contribution < -0.4 is 4.74 Å². The van der Waals surface area contributed by atoms with Crippen molar-refractivity contribution >= 4 is 6.09 Å². The summed E-state index contributed by atoms with van der Waals surface area (Å²) in [4.78, 5) is 17.0. The minimum absolute atomic E-state index is 0.0108. The van der Waals surface area contributed by atoms with Crippen LogP contribution in [0, 0.1) is 12.9 Å². The summed E-state index contributed by atoms with van der Waals surface area (Å²) in [5, 5.41) is 0. The van der Waals surface area contributed by atoms with Gasteiger partial charge in [-0.15, -0.1) is 0 Å². The number of carbonyl (C=O) groups is 1. The average Bonchev–Trinajstić information content (AvgIpc) is 2.77. The highest BCUT2D eigenvalue weighted by atomic mass is 19.1. The first-order chi connectivity index (χ1) is 10.7. The monoisotopic (exact) mass is 328 g/mol. The number of amides is 1. The Morgan fingerprint density at radius 2 is 2.17 bits per heavy atom. The summed E-state index contributed by atoms with van der Waals surface area (Å²) in [5.74, 6) is -0.692. The molecule has 1 fully saturated rings. The van der Waals surface area contributed by atoms with Crippen molar-refractivity contribution in [2.24, 2.45) is 0 Å². The van der Waals surface area contributed by atoms with Crippen molar-refractivity contribution in [3.05, 3.63) is 23.8 Å². The van der Waals surface area contributed by atoms with E-state index in [1.54, 1.807) is 33.8 Å². The van der Waals surface area contributed by atoms with Gasteiger partial charge in [-0.25, -0.2) is 14.2 Å². The zero-order valence-corrected chi connectivity index (χ0v) is 13.8. The fourth-order valence-electron chi connectivity index (χ4n) is 2.43. The van der Waals surface area contributed by atoms with E-state index in [9.17, 15) is 13.6 Å². The lowest BCUT2D eigenvalue weighted by Crippen LogP contribution is -2.42. The molecule has 1 aliphatic rings. The topological polar surface area (TPSA) is 51.7 Å². The van der Waals surface area contributed by atoms with Gasteiger partial charge in [0.1, 0.15) is 18.4 Å². The van der Waals surface area contributed by atoms with E-state index >= 15 is 0 Å². The van der Waals surface area contributed by atoms with Gasteiger partial charge in [0.05, 0.1) is 12.6 Å². The summed E-state index contributed by atoms with van der Waals surface area (Å²) in [5.41, 5.74) is -0.0701. The summed E-state index contributed by atoms with van der Waals surface area (Å²) in [6.45, 7) is 6.87. The van der Waals surface area contributed by atoms with Gasteiger partial charge in [-0.05, 0) is 39.3 Å². The maximum atomic E-state index is 13.7. The normalized spacial score (nSPS) is 21.4. The van der Waals surface area contributed by atoms with E-state index < -0.39 is 29.9 Å². The highest BCUT2D eigenvalue weighted by Gasteiger charge is 2.38. The van der Waals surface area contributed by atoms with E-state index in [0.29, 0.717) is 5.56 Å². The number of aromatic nitrogens is 1. The number of aryl methyl sites for hydroxylation is 1. The smallest absolute Gasteiger partial charge is 0.410 e. The van der Waals surface area contributed by atoms with Crippen molar-refractivity contribution < 1.29 is 23.0 Å². The second-order valence-electron chi connectivity index (χ2n) is 6.68. The third-order valence-corrected chi connectivity index (χ3v) is 3.47. The lowest BCUT2D eigenvalue weighted by Gasteiger charge is -2.28. The molecule has 0 N–H and O–H groups in total. The van der Waals surface area contributed by atoms with E-state index in [-0.39, 0.29) is 25.3 Å². The van der Waals surface area contributed by atoms with Crippen LogP contribution >= 0.6 is 0 Å². The van der Waals surface area contributed by atoms with Crippen molar-refractivity contribution in [1.29, 1.82) is 0 Å². The molecule has 1 amide bonds. The van der Waals surface area contributed by atoms with E-state index in [2.05, 4.69) is 4.98 Å². The van der Waals surface area contributed by atoms with E-state index in [4.69, 9.17) is 9.47 Å². The Hall–Kier alpha value is -1.92. The van der Waals surface area contributed by atoms with E-state index in [0.717, 1.165) is 0 Å². The first-order valence-electron chi connectivity index (χ1n) is 7.55. The molecule has 1 saturated heterocycles. The molecule has 1 aromatic rings. The molecule has 0 radical (unpaired) electrons. The van der Waals surface area contributed by atoms with E-state index in [1.165, 1.54) is 11.1 Å². The van der Waals surface area contributed by atoms with Crippen molar-refractivity contribution in [3.63, 3.8) is 0 Å². The molecule has 128 valence electrons. The number of likely N-dealkylation sites (tertiary alicyclic amines) is 1. The summed E-state index contributed by atoms with van der Waals surface area (Å²) in [6.07, 6.45) is -0.247. The van der Waals surface area contributed by atoms with Crippen molar-refractivity contribution in [3.8, 4) is 5.75 Å². The highest BCUT2D eigenvalue weighted by molar-refractivity contribution is 5.69. The molecule has 2 unspecified atom stereocenters. The molecule has 2 heterocycles. The van der Waals surface area contributed by atoms with Crippen LogP contribution in [-0.2, 0) is 4.74 Å². The quantitative estimate of drug-likeness (QED) is 0.799. The Kier molecular flexibility index (Phi) is 5.06. The van der Waals surface area contributed by atoms with Gasteiger partial charge < -0.3 is 9.47 Å². The summed E-state index contributed by atoms with van der Waals surface area (Å²) >= 11 is 0. The summed E-state index contributed by atoms with van der Waals surface area (Å²) in [7, 11) is 0. The number of ether oxygens (including phenoxy) is 2. The summed E-state index contributed by atoms with van der Waals surface area (Å²) in [6, 6.07) is 1.12. The highest BCUT2D eigenvalue weighted by Crippen LogP contribution is 2.26. The fourth-order valence-corrected chi connectivity index (χ4v) is 2.43. The van der Waals surface area contributed by atoms with Crippen molar-refractivity contribution in [2.45, 2.75) is 51.9 Å². The summed E-state index contributed by atoms with van der Waals surface area (Å²) < 4.78 is 38.1. The minimum atomic E-state index is -1.14. The number of halogens is 2. The lowest BCUT2D eigenvalue weighted by molar-refractivity contribution is 0.0179. The van der Waals surface area contributed by atoms with Gasteiger partial charge >= 0.3 is 6.09 Å². The SMILES string of the molecule is Cc1ccnc(F)c1OCC1CC(F)CN1C(=O)OC(C)(C)C. The van der Waals surface area contributed by atoms with Crippen molar-refractivity contribution in [1.82, 2.24) is 9.88 Å². The predicted molar refractivity (Wildman–Crippen MR) is 80.7 cm³/mol. The van der Waals surface area contributed by atoms with Crippen molar-refractivity contribution in [2.75, 3.05) is 13.2 Å². The zero-order chi connectivity index (χ0) is 17.2. The molecular weight excluding hydrogens is 306 g/mol. The first kappa shape index (κ1) is 17.4. The average molecular weight is 328 g/mol. The molecule has 2 atom stereocenters. The third kappa shape index (κ3) is 4.53. The standard InChI is InChI=1S/C16H22F2N2O3/c1-10-5-6-19-14(18)13(10)22-9-12-7-11(17)8-20(12)15(21)23-16(2,3)4/h5-6,11-12H,7-9H2,1-4H3.